The highest BCUT2D eigenvalue weighted by atomic mass is 15.2. The number of nitrogens with one attached hydrogen (secondary N) is 1. The molecule has 0 aliphatic carbocycles. The number of hydrogen-bond acceptors (Lipinski definition) is 3. The molecule has 102 valence electrons. The number of aromatic nitrogens is 2. The van der Waals surface area contributed by atoms with Crippen molar-refractivity contribution < 1.29 is 0 Å². The molecular formula is C14H26N4. The number of nitrogens with zero attached hydrogens (tertiary/aromatic N) is 3. The van der Waals surface area contributed by atoms with E-state index >= 15 is 0 Å². The van der Waals surface area contributed by atoms with E-state index in [1.165, 1.54) is 25.2 Å². The van der Waals surface area contributed by atoms with E-state index in [1.54, 1.807) is 0 Å². The Hall–Kier alpha value is -0.870. The molecular weight excluding hydrogens is 224 g/mol. The maximum Gasteiger partial charge on any atom is 0.0637 e. The first kappa shape index (κ1) is 13.6. The molecule has 0 bridgehead atoms. The maximum absolute atomic E-state index is 4.43. The van der Waals surface area contributed by atoms with Gasteiger partial charge in [0, 0.05) is 38.8 Å². The predicted molar refractivity (Wildman–Crippen MR) is 74.6 cm³/mol. The first-order valence-electron chi connectivity index (χ1n) is 7.07. The third-order valence-electron chi connectivity index (χ3n) is 3.64. The topological polar surface area (TPSA) is 33.1 Å². The highest BCUT2D eigenvalue weighted by Crippen LogP contribution is 2.15. The van der Waals surface area contributed by atoms with E-state index in [0.29, 0.717) is 6.04 Å². The molecule has 1 N–H and O–H groups in total. The van der Waals surface area contributed by atoms with E-state index in [4.69, 9.17) is 0 Å². The summed E-state index contributed by atoms with van der Waals surface area (Å²) in [5.41, 5.74) is 1.21. The van der Waals surface area contributed by atoms with Crippen LogP contribution in [-0.2, 0) is 13.5 Å². The summed E-state index contributed by atoms with van der Waals surface area (Å²) in [6.07, 6.45) is 4.43. The highest BCUT2D eigenvalue weighted by Gasteiger charge is 2.21. The monoisotopic (exact) mass is 250 g/mol. The van der Waals surface area contributed by atoms with Crippen LogP contribution >= 0.6 is 0 Å². The van der Waals surface area contributed by atoms with Crippen molar-refractivity contribution in [3.8, 4) is 0 Å². The van der Waals surface area contributed by atoms with Gasteiger partial charge in [-0.3, -0.25) is 4.68 Å². The molecule has 1 fully saturated rings. The second-order valence-corrected chi connectivity index (χ2v) is 5.75. The molecule has 0 amide bonds. The van der Waals surface area contributed by atoms with Gasteiger partial charge in [-0.05, 0) is 31.5 Å². The van der Waals surface area contributed by atoms with Crippen molar-refractivity contribution >= 4 is 0 Å². The van der Waals surface area contributed by atoms with Crippen LogP contribution in [0, 0.1) is 5.92 Å². The average molecular weight is 250 g/mol. The number of rotatable bonds is 6. The number of aryl methyl sites for hydroxylation is 1. The van der Waals surface area contributed by atoms with E-state index < -0.39 is 0 Å². The molecule has 18 heavy (non-hydrogen) atoms. The van der Waals surface area contributed by atoms with Gasteiger partial charge in [0.25, 0.3) is 0 Å². The van der Waals surface area contributed by atoms with Crippen molar-refractivity contribution in [3.05, 3.63) is 18.0 Å². The zero-order valence-corrected chi connectivity index (χ0v) is 11.9. The van der Waals surface area contributed by atoms with Gasteiger partial charge in [-0.1, -0.05) is 13.8 Å². The second kappa shape index (κ2) is 6.34. The van der Waals surface area contributed by atoms with Crippen molar-refractivity contribution in [3.63, 3.8) is 0 Å². The Morgan fingerprint density at radius 2 is 2.33 bits per heavy atom. The van der Waals surface area contributed by atoms with Crippen LogP contribution in [0.3, 0.4) is 0 Å². The quantitative estimate of drug-likeness (QED) is 0.826. The van der Waals surface area contributed by atoms with Crippen LogP contribution in [-0.4, -0.2) is 46.9 Å². The third kappa shape index (κ3) is 4.10. The van der Waals surface area contributed by atoms with Crippen LogP contribution in [0.25, 0.3) is 0 Å². The lowest BCUT2D eigenvalue weighted by molar-refractivity contribution is 0.322. The van der Waals surface area contributed by atoms with Crippen LogP contribution in [0.2, 0.25) is 0 Å². The molecule has 0 radical (unpaired) electrons. The molecule has 1 aromatic rings. The molecule has 4 nitrogen and oxygen atoms in total. The van der Waals surface area contributed by atoms with Crippen LogP contribution < -0.4 is 5.32 Å². The highest BCUT2D eigenvalue weighted by molar-refractivity contribution is 4.99. The molecule has 2 heterocycles. The molecule has 2 rings (SSSR count). The fourth-order valence-corrected chi connectivity index (χ4v) is 2.55. The van der Waals surface area contributed by atoms with E-state index in [0.717, 1.165) is 25.4 Å². The molecule has 0 aromatic carbocycles. The van der Waals surface area contributed by atoms with Crippen molar-refractivity contribution in [1.29, 1.82) is 0 Å². The lowest BCUT2D eigenvalue weighted by Crippen LogP contribution is -2.31. The largest absolute Gasteiger partial charge is 0.314 e. The fourth-order valence-electron chi connectivity index (χ4n) is 2.55. The van der Waals surface area contributed by atoms with Crippen molar-refractivity contribution in [1.82, 2.24) is 20.0 Å². The van der Waals surface area contributed by atoms with Gasteiger partial charge in [0.2, 0.25) is 0 Å². The van der Waals surface area contributed by atoms with Gasteiger partial charge in [0.15, 0.2) is 0 Å². The Morgan fingerprint density at radius 1 is 1.50 bits per heavy atom. The predicted octanol–water partition coefficient (Wildman–Crippen LogP) is 1.28. The van der Waals surface area contributed by atoms with Gasteiger partial charge in [0.05, 0.1) is 5.69 Å². The molecule has 1 aliphatic rings. The van der Waals surface area contributed by atoms with E-state index in [-0.39, 0.29) is 0 Å². The van der Waals surface area contributed by atoms with Gasteiger partial charge in [-0.15, -0.1) is 0 Å². The van der Waals surface area contributed by atoms with E-state index in [1.807, 2.05) is 17.9 Å². The standard InChI is InChI=1S/C14H26N4/c1-12(2)15-10-13-4-8-18(11-13)9-6-14-5-7-17(3)16-14/h5,7,12-13,15H,4,6,8-11H2,1-3H3. The lowest BCUT2D eigenvalue weighted by atomic mass is 10.1. The fraction of sp³-hybridized carbons (Fsp3) is 0.786. The minimum atomic E-state index is 0.604. The van der Waals surface area contributed by atoms with Gasteiger partial charge in [-0.25, -0.2) is 0 Å². The summed E-state index contributed by atoms with van der Waals surface area (Å²) in [5, 5.41) is 7.97. The Balaban J connectivity index is 1.66. The Morgan fingerprint density at radius 3 is 3.00 bits per heavy atom. The normalized spacial score (nSPS) is 21.0. The molecule has 1 saturated heterocycles. The first-order valence-corrected chi connectivity index (χ1v) is 7.07. The van der Waals surface area contributed by atoms with Crippen molar-refractivity contribution in [2.24, 2.45) is 13.0 Å². The molecule has 0 spiro atoms. The zero-order valence-electron chi connectivity index (χ0n) is 11.9. The summed E-state index contributed by atoms with van der Waals surface area (Å²) in [7, 11) is 1.98. The SMILES string of the molecule is CC(C)NCC1CCN(CCc2ccn(C)n2)C1. The third-order valence-corrected chi connectivity index (χ3v) is 3.64. The number of hydrogen-bond donors (Lipinski definition) is 1. The summed E-state index contributed by atoms with van der Waals surface area (Å²) >= 11 is 0. The average Bonchev–Trinajstić information content (AvgIpc) is 2.93. The van der Waals surface area contributed by atoms with Gasteiger partial charge >= 0.3 is 0 Å². The smallest absolute Gasteiger partial charge is 0.0637 e. The summed E-state index contributed by atoms with van der Waals surface area (Å²) in [5.74, 6) is 0.830. The number of likely N-dealkylation sites (tertiary alicyclic amines) is 1. The summed E-state index contributed by atoms with van der Waals surface area (Å²) in [4.78, 5) is 2.57. The molecule has 1 unspecified atom stereocenters. The van der Waals surface area contributed by atoms with E-state index in [2.05, 4.69) is 35.2 Å². The Kier molecular flexibility index (Phi) is 4.78. The van der Waals surface area contributed by atoms with Gasteiger partial charge < -0.3 is 10.2 Å². The van der Waals surface area contributed by atoms with Crippen molar-refractivity contribution in [2.45, 2.75) is 32.7 Å². The van der Waals surface area contributed by atoms with Crippen LogP contribution in [0.5, 0.6) is 0 Å². The molecule has 4 heteroatoms. The first-order chi connectivity index (χ1) is 8.63. The van der Waals surface area contributed by atoms with Gasteiger partial charge in [0.1, 0.15) is 0 Å². The molecule has 0 saturated carbocycles. The zero-order chi connectivity index (χ0) is 13.0. The lowest BCUT2D eigenvalue weighted by Gasteiger charge is -2.16. The van der Waals surface area contributed by atoms with Crippen molar-refractivity contribution in [2.75, 3.05) is 26.2 Å². The van der Waals surface area contributed by atoms with Crippen LogP contribution in [0.15, 0.2) is 12.3 Å². The van der Waals surface area contributed by atoms with Crippen LogP contribution in [0.4, 0.5) is 0 Å². The molecule has 1 aliphatic heterocycles. The van der Waals surface area contributed by atoms with Crippen LogP contribution in [0.1, 0.15) is 26.0 Å². The minimum Gasteiger partial charge on any atom is -0.314 e. The van der Waals surface area contributed by atoms with E-state index in [9.17, 15) is 0 Å². The summed E-state index contributed by atoms with van der Waals surface area (Å²) in [6.45, 7) is 9.23. The maximum atomic E-state index is 4.43. The Labute approximate surface area is 110 Å². The molecule has 1 aromatic heterocycles. The summed E-state index contributed by atoms with van der Waals surface area (Å²) < 4.78 is 1.88. The minimum absolute atomic E-state index is 0.604. The summed E-state index contributed by atoms with van der Waals surface area (Å²) in [6, 6.07) is 2.72. The molecule has 1 atom stereocenters. The Bertz CT molecular complexity index is 358. The second-order valence-electron chi connectivity index (χ2n) is 5.75. The van der Waals surface area contributed by atoms with Gasteiger partial charge in [-0.2, -0.15) is 5.10 Å².